The predicted molar refractivity (Wildman–Crippen MR) is 131 cm³/mol. The first-order valence-electron chi connectivity index (χ1n) is 11.6. The van der Waals surface area contributed by atoms with Crippen LogP contribution in [0.25, 0.3) is 21.8 Å². The summed E-state index contributed by atoms with van der Waals surface area (Å²) >= 11 is 0. The Morgan fingerprint density at radius 2 is 1.68 bits per heavy atom. The fourth-order valence-electron chi connectivity index (χ4n) is 4.41. The van der Waals surface area contributed by atoms with E-state index < -0.39 is 0 Å². The second kappa shape index (κ2) is 10.6. The molecular weight excluding hydrogens is 380 g/mol. The zero-order chi connectivity index (χ0) is 21.5. The van der Waals surface area contributed by atoms with Crippen LogP contribution in [0.1, 0.15) is 31.5 Å². The van der Waals surface area contributed by atoms with Crippen LogP contribution in [0.5, 0.6) is 0 Å². The van der Waals surface area contributed by atoms with Crippen LogP contribution in [0, 0.1) is 0 Å². The van der Waals surface area contributed by atoms with Crippen LogP contribution in [0.3, 0.4) is 0 Å². The number of aryl methyl sites for hydroxylation is 2. The number of rotatable bonds is 11. The molecule has 0 amide bonds. The first kappa shape index (κ1) is 21.5. The number of nitrogens with one attached hydrogen (secondary N) is 1. The molecule has 4 aromatic rings. The molecule has 0 fully saturated rings. The Morgan fingerprint density at radius 3 is 2.48 bits per heavy atom. The Hall–Kier alpha value is -2.69. The maximum atomic E-state index is 4.79. The molecule has 4 rings (SSSR count). The van der Waals surface area contributed by atoms with Gasteiger partial charge >= 0.3 is 0 Å². The summed E-state index contributed by atoms with van der Waals surface area (Å²) in [6.07, 6.45) is 4.28. The van der Waals surface area contributed by atoms with Crippen molar-refractivity contribution >= 4 is 21.8 Å². The van der Waals surface area contributed by atoms with Gasteiger partial charge in [-0.2, -0.15) is 0 Å². The Kier molecular flexibility index (Phi) is 7.34. The van der Waals surface area contributed by atoms with E-state index in [-0.39, 0.29) is 0 Å². The van der Waals surface area contributed by atoms with Crippen molar-refractivity contribution in [1.82, 2.24) is 19.8 Å². The van der Waals surface area contributed by atoms with E-state index in [0.717, 1.165) is 57.8 Å². The molecule has 0 saturated carbocycles. The van der Waals surface area contributed by atoms with Crippen molar-refractivity contribution in [3.8, 4) is 0 Å². The average molecular weight is 415 g/mol. The van der Waals surface area contributed by atoms with Crippen molar-refractivity contribution in [1.29, 1.82) is 0 Å². The molecule has 0 spiro atoms. The van der Waals surface area contributed by atoms with Gasteiger partial charge in [0.15, 0.2) is 0 Å². The standard InChI is InChI=1S/C27H34N4/c1-3-30(4-2)18-16-28-20-23-19-25-24-14-8-9-15-26(24)31(27(25)21-29-23)17-10-13-22-11-6-5-7-12-22/h5-9,11-12,14-15,19,21,28H,3-4,10,13,16-18,20H2,1-2H3. The van der Waals surface area contributed by atoms with Gasteiger partial charge in [-0.05, 0) is 43.6 Å². The average Bonchev–Trinajstić information content (AvgIpc) is 3.13. The number of benzene rings is 2. The Labute approximate surface area is 185 Å². The molecule has 0 unspecified atom stereocenters. The quantitative estimate of drug-likeness (QED) is 0.340. The number of fused-ring (bicyclic) bond motifs is 3. The van der Waals surface area contributed by atoms with E-state index in [2.05, 4.69) is 95.5 Å². The fourth-order valence-corrected chi connectivity index (χ4v) is 4.41. The summed E-state index contributed by atoms with van der Waals surface area (Å²) < 4.78 is 2.44. The summed E-state index contributed by atoms with van der Waals surface area (Å²) in [6.45, 7) is 10.5. The predicted octanol–water partition coefficient (Wildman–Crippen LogP) is 5.25. The van der Waals surface area contributed by atoms with Gasteiger partial charge in [-0.15, -0.1) is 0 Å². The summed E-state index contributed by atoms with van der Waals surface area (Å²) in [4.78, 5) is 7.23. The molecule has 4 heteroatoms. The number of hydrogen-bond donors (Lipinski definition) is 1. The molecule has 2 aromatic carbocycles. The minimum Gasteiger partial charge on any atom is -0.339 e. The minimum atomic E-state index is 0.810. The van der Waals surface area contributed by atoms with E-state index in [0.29, 0.717) is 0 Å². The second-order valence-corrected chi connectivity index (χ2v) is 8.15. The van der Waals surface area contributed by atoms with Gasteiger partial charge in [-0.25, -0.2) is 0 Å². The molecule has 31 heavy (non-hydrogen) atoms. The van der Waals surface area contributed by atoms with E-state index >= 15 is 0 Å². The lowest BCUT2D eigenvalue weighted by atomic mass is 10.1. The molecule has 0 saturated heterocycles. The van der Waals surface area contributed by atoms with Gasteiger partial charge in [0.05, 0.1) is 17.4 Å². The molecule has 2 aromatic heterocycles. The number of hydrogen-bond acceptors (Lipinski definition) is 3. The number of nitrogens with zero attached hydrogens (tertiary/aromatic N) is 3. The summed E-state index contributed by atoms with van der Waals surface area (Å²) in [5, 5.41) is 6.20. The van der Waals surface area contributed by atoms with Crippen molar-refractivity contribution < 1.29 is 0 Å². The van der Waals surface area contributed by atoms with Crippen molar-refractivity contribution in [2.24, 2.45) is 0 Å². The monoisotopic (exact) mass is 414 g/mol. The van der Waals surface area contributed by atoms with Gasteiger partial charge < -0.3 is 14.8 Å². The van der Waals surface area contributed by atoms with E-state index in [9.17, 15) is 0 Å². The van der Waals surface area contributed by atoms with Crippen molar-refractivity contribution in [3.63, 3.8) is 0 Å². The molecule has 0 radical (unpaired) electrons. The normalized spacial score (nSPS) is 11.7. The molecule has 2 heterocycles. The molecule has 162 valence electrons. The molecule has 4 nitrogen and oxygen atoms in total. The van der Waals surface area contributed by atoms with E-state index in [1.54, 1.807) is 0 Å². The van der Waals surface area contributed by atoms with Crippen LogP contribution in [0.2, 0.25) is 0 Å². The number of aromatic nitrogens is 2. The summed E-state index contributed by atoms with van der Waals surface area (Å²) in [7, 11) is 0. The van der Waals surface area contributed by atoms with Crippen molar-refractivity contribution in [2.45, 2.75) is 39.8 Å². The molecule has 0 atom stereocenters. The number of para-hydroxylation sites is 1. The lowest BCUT2D eigenvalue weighted by Gasteiger charge is -2.17. The maximum absolute atomic E-state index is 4.79. The van der Waals surface area contributed by atoms with E-state index in [1.165, 1.54) is 27.4 Å². The van der Waals surface area contributed by atoms with Gasteiger partial charge in [0.1, 0.15) is 0 Å². The van der Waals surface area contributed by atoms with Crippen molar-refractivity contribution in [3.05, 3.63) is 78.1 Å². The highest BCUT2D eigenvalue weighted by molar-refractivity contribution is 6.07. The molecule has 0 aliphatic carbocycles. The zero-order valence-electron chi connectivity index (χ0n) is 18.8. The van der Waals surface area contributed by atoms with Crippen LogP contribution in [0.4, 0.5) is 0 Å². The number of likely N-dealkylation sites (N-methyl/N-ethyl adjacent to an activating group) is 1. The van der Waals surface area contributed by atoms with Gasteiger partial charge in [-0.1, -0.05) is 62.4 Å². The summed E-state index contributed by atoms with van der Waals surface area (Å²) in [6, 6.07) is 21.8. The fraction of sp³-hybridized carbons (Fsp3) is 0.370. The first-order valence-corrected chi connectivity index (χ1v) is 11.6. The van der Waals surface area contributed by atoms with Gasteiger partial charge in [0.25, 0.3) is 0 Å². The Bertz CT molecular complexity index is 1100. The van der Waals surface area contributed by atoms with E-state index in [4.69, 9.17) is 4.98 Å². The first-order chi connectivity index (χ1) is 15.3. The summed E-state index contributed by atoms with van der Waals surface area (Å²) in [5.41, 5.74) is 5.05. The van der Waals surface area contributed by atoms with Crippen LogP contribution >= 0.6 is 0 Å². The lowest BCUT2D eigenvalue weighted by Crippen LogP contribution is -2.31. The largest absolute Gasteiger partial charge is 0.339 e. The van der Waals surface area contributed by atoms with Gasteiger partial charge in [0, 0.05) is 42.5 Å². The molecule has 0 aliphatic rings. The minimum absolute atomic E-state index is 0.810. The summed E-state index contributed by atoms with van der Waals surface area (Å²) in [5.74, 6) is 0. The second-order valence-electron chi connectivity index (χ2n) is 8.15. The SMILES string of the molecule is CCN(CC)CCNCc1cc2c3ccccc3n(CCCc3ccccc3)c2cn1. The molecular formula is C27H34N4. The highest BCUT2D eigenvalue weighted by Gasteiger charge is 2.11. The zero-order valence-corrected chi connectivity index (χ0v) is 18.8. The van der Waals surface area contributed by atoms with Gasteiger partial charge in [-0.3, -0.25) is 4.98 Å². The molecule has 0 bridgehead atoms. The lowest BCUT2D eigenvalue weighted by molar-refractivity contribution is 0.302. The third kappa shape index (κ3) is 5.15. The van der Waals surface area contributed by atoms with Crippen LogP contribution in [0.15, 0.2) is 66.9 Å². The van der Waals surface area contributed by atoms with Crippen LogP contribution in [-0.2, 0) is 19.5 Å². The van der Waals surface area contributed by atoms with Crippen molar-refractivity contribution in [2.75, 3.05) is 26.2 Å². The smallest absolute Gasteiger partial charge is 0.0678 e. The van der Waals surface area contributed by atoms with Crippen LogP contribution < -0.4 is 5.32 Å². The Balaban J connectivity index is 1.49. The highest BCUT2D eigenvalue weighted by atomic mass is 15.1. The highest BCUT2D eigenvalue weighted by Crippen LogP contribution is 2.29. The van der Waals surface area contributed by atoms with E-state index in [1.807, 2.05) is 0 Å². The van der Waals surface area contributed by atoms with Gasteiger partial charge in [0.2, 0.25) is 0 Å². The molecule has 0 aliphatic heterocycles. The maximum Gasteiger partial charge on any atom is 0.0678 e. The third-order valence-corrected chi connectivity index (χ3v) is 6.21. The Morgan fingerprint density at radius 1 is 0.903 bits per heavy atom. The molecule has 1 N–H and O–H groups in total. The van der Waals surface area contributed by atoms with Crippen LogP contribution in [-0.4, -0.2) is 40.6 Å². The topological polar surface area (TPSA) is 33.1 Å². The number of pyridine rings is 1. The third-order valence-electron chi connectivity index (χ3n) is 6.21.